The fourth-order valence-electron chi connectivity index (χ4n) is 4.54. The Morgan fingerprint density at radius 1 is 1.14 bits per heavy atom. The zero-order valence-electron chi connectivity index (χ0n) is 17.2. The molecule has 1 aromatic heterocycles. The highest BCUT2D eigenvalue weighted by molar-refractivity contribution is 5.94. The molecule has 3 atom stereocenters. The first kappa shape index (κ1) is 19.7. The molecule has 2 aliphatic heterocycles. The van der Waals surface area contributed by atoms with Crippen LogP contribution in [-0.2, 0) is 4.79 Å². The van der Waals surface area contributed by atoms with Crippen LogP contribution in [-0.4, -0.2) is 35.3 Å². The summed E-state index contributed by atoms with van der Waals surface area (Å²) in [6, 6.07) is 11.9. The second-order valence-electron chi connectivity index (χ2n) is 8.14. The molecule has 4 rings (SSSR count). The predicted octanol–water partition coefficient (Wildman–Crippen LogP) is 3.94. The van der Waals surface area contributed by atoms with Gasteiger partial charge in [-0.15, -0.1) is 0 Å². The van der Waals surface area contributed by atoms with Crippen molar-refractivity contribution in [2.75, 3.05) is 28.2 Å². The first-order valence-corrected chi connectivity index (χ1v) is 10.6. The first-order chi connectivity index (χ1) is 14.1. The molecule has 3 heterocycles. The van der Waals surface area contributed by atoms with Gasteiger partial charge in [-0.3, -0.25) is 9.69 Å². The van der Waals surface area contributed by atoms with Gasteiger partial charge < -0.3 is 15.3 Å². The second-order valence-corrected chi connectivity index (χ2v) is 8.14. The Bertz CT molecular complexity index is 849. The number of pyridine rings is 1. The predicted molar refractivity (Wildman–Crippen MR) is 116 cm³/mol. The van der Waals surface area contributed by atoms with Crippen LogP contribution < -0.4 is 15.1 Å². The Kier molecular flexibility index (Phi) is 5.72. The van der Waals surface area contributed by atoms with Gasteiger partial charge in [0.15, 0.2) is 0 Å². The summed E-state index contributed by atoms with van der Waals surface area (Å²) in [5, 5.41) is 14.4. The number of benzene rings is 1. The van der Waals surface area contributed by atoms with E-state index in [0.717, 1.165) is 30.2 Å². The molecule has 1 fully saturated rings. The number of carbonyl (C=O) groups excluding carboxylic acids is 1. The largest absolute Gasteiger partial charge is 0.373 e. The van der Waals surface area contributed by atoms with Crippen LogP contribution in [0.4, 0.5) is 17.2 Å². The van der Waals surface area contributed by atoms with Crippen molar-refractivity contribution < 1.29 is 9.90 Å². The van der Waals surface area contributed by atoms with Crippen LogP contribution in [0.3, 0.4) is 0 Å². The molecule has 1 amide bonds. The SMILES string of the molecule is CC(=O)N1c2ccc(N3CCCCCC3)cc2[C@H](Nc2ccccn2)[C@@H](C)[C@@H]1O. The van der Waals surface area contributed by atoms with Crippen LogP contribution in [0.15, 0.2) is 42.6 Å². The number of nitrogens with one attached hydrogen (secondary N) is 1. The minimum atomic E-state index is -0.884. The summed E-state index contributed by atoms with van der Waals surface area (Å²) in [5.41, 5.74) is 2.99. The molecular formula is C23H30N4O2. The highest BCUT2D eigenvalue weighted by atomic mass is 16.3. The van der Waals surface area contributed by atoms with Crippen molar-refractivity contribution in [3.63, 3.8) is 0 Å². The molecule has 0 unspecified atom stereocenters. The molecule has 29 heavy (non-hydrogen) atoms. The zero-order chi connectivity index (χ0) is 20.4. The van der Waals surface area contributed by atoms with Crippen molar-refractivity contribution in [1.29, 1.82) is 0 Å². The lowest BCUT2D eigenvalue weighted by Crippen LogP contribution is -2.50. The van der Waals surface area contributed by atoms with Crippen molar-refractivity contribution in [1.82, 2.24) is 4.98 Å². The summed E-state index contributed by atoms with van der Waals surface area (Å²) in [6.45, 7) is 5.61. The monoisotopic (exact) mass is 394 g/mol. The smallest absolute Gasteiger partial charge is 0.225 e. The van der Waals surface area contributed by atoms with Gasteiger partial charge >= 0.3 is 0 Å². The molecule has 1 saturated heterocycles. The van der Waals surface area contributed by atoms with E-state index in [9.17, 15) is 9.90 Å². The van der Waals surface area contributed by atoms with Crippen LogP contribution >= 0.6 is 0 Å². The van der Waals surface area contributed by atoms with Gasteiger partial charge in [-0.25, -0.2) is 4.98 Å². The Morgan fingerprint density at radius 2 is 1.90 bits per heavy atom. The first-order valence-electron chi connectivity index (χ1n) is 10.6. The minimum absolute atomic E-state index is 0.141. The lowest BCUT2D eigenvalue weighted by molar-refractivity contribution is -0.119. The van der Waals surface area contributed by atoms with E-state index in [0.29, 0.717) is 0 Å². The van der Waals surface area contributed by atoms with Gasteiger partial charge in [0.2, 0.25) is 5.91 Å². The number of fused-ring (bicyclic) bond motifs is 1. The van der Waals surface area contributed by atoms with Crippen LogP contribution in [0, 0.1) is 5.92 Å². The van der Waals surface area contributed by atoms with Gasteiger partial charge in [-0.1, -0.05) is 25.8 Å². The van der Waals surface area contributed by atoms with Gasteiger partial charge in [-0.2, -0.15) is 0 Å². The number of aliphatic hydroxyl groups is 1. The maximum Gasteiger partial charge on any atom is 0.225 e. The quantitative estimate of drug-likeness (QED) is 0.825. The number of anilines is 3. The Morgan fingerprint density at radius 3 is 2.55 bits per heavy atom. The molecule has 0 saturated carbocycles. The molecule has 0 aliphatic carbocycles. The summed E-state index contributed by atoms with van der Waals surface area (Å²) in [6.07, 6.45) is 5.86. The van der Waals surface area contributed by atoms with Crippen LogP contribution in [0.25, 0.3) is 0 Å². The highest BCUT2D eigenvalue weighted by Gasteiger charge is 2.40. The molecule has 6 nitrogen and oxygen atoms in total. The van der Waals surface area contributed by atoms with Crippen molar-refractivity contribution in [2.45, 2.75) is 51.8 Å². The number of rotatable bonds is 3. The molecule has 2 aromatic rings. The summed E-state index contributed by atoms with van der Waals surface area (Å²) in [4.78, 5) is 20.7. The molecule has 6 heteroatoms. The van der Waals surface area contributed by atoms with E-state index in [1.165, 1.54) is 43.2 Å². The molecule has 0 spiro atoms. The molecule has 154 valence electrons. The number of hydrogen-bond acceptors (Lipinski definition) is 5. The maximum atomic E-state index is 12.3. The number of nitrogens with zero attached hydrogens (tertiary/aromatic N) is 3. The van der Waals surface area contributed by atoms with Crippen LogP contribution in [0.1, 0.15) is 51.1 Å². The zero-order valence-corrected chi connectivity index (χ0v) is 17.2. The van der Waals surface area contributed by atoms with E-state index in [2.05, 4.69) is 27.3 Å². The third-order valence-electron chi connectivity index (χ3n) is 6.15. The molecule has 2 N–H and O–H groups in total. The van der Waals surface area contributed by atoms with Crippen molar-refractivity contribution >= 4 is 23.1 Å². The fraction of sp³-hybridized carbons (Fsp3) is 0.478. The van der Waals surface area contributed by atoms with E-state index in [-0.39, 0.29) is 17.9 Å². The van der Waals surface area contributed by atoms with E-state index in [4.69, 9.17) is 0 Å². The Labute approximate surface area is 172 Å². The average molecular weight is 395 g/mol. The Hall–Kier alpha value is -2.60. The summed E-state index contributed by atoms with van der Waals surface area (Å²) in [7, 11) is 0. The van der Waals surface area contributed by atoms with Gasteiger partial charge in [0.25, 0.3) is 0 Å². The number of aromatic nitrogens is 1. The number of carbonyl (C=O) groups is 1. The Balaban J connectivity index is 1.75. The molecule has 1 aromatic carbocycles. The van der Waals surface area contributed by atoms with Crippen molar-refractivity contribution in [2.24, 2.45) is 5.92 Å². The molecular weight excluding hydrogens is 364 g/mol. The van der Waals surface area contributed by atoms with E-state index in [1.807, 2.05) is 31.2 Å². The fourth-order valence-corrected chi connectivity index (χ4v) is 4.54. The van der Waals surface area contributed by atoms with Gasteiger partial charge in [-0.05, 0) is 43.2 Å². The van der Waals surface area contributed by atoms with Crippen LogP contribution in [0.2, 0.25) is 0 Å². The third-order valence-corrected chi connectivity index (χ3v) is 6.15. The second kappa shape index (κ2) is 8.41. The molecule has 0 bridgehead atoms. The van der Waals surface area contributed by atoms with E-state index in [1.54, 1.807) is 6.20 Å². The highest BCUT2D eigenvalue weighted by Crippen LogP contribution is 2.43. The number of aliphatic hydroxyl groups excluding tert-OH is 1. The standard InChI is InChI=1S/C23H30N4O2/c1-16-22(25-21-9-5-6-12-24-21)19-15-18(26-13-7-3-4-8-14-26)10-11-20(19)27(17(2)28)23(16)29/h5-6,9-12,15-16,22-23,29H,3-4,7-8,13-14H2,1-2H3,(H,24,25)/t16-,22-,23+/m1/s1. The maximum absolute atomic E-state index is 12.3. The third kappa shape index (κ3) is 3.94. The van der Waals surface area contributed by atoms with Gasteiger partial charge in [0, 0.05) is 43.4 Å². The number of hydrogen-bond donors (Lipinski definition) is 2. The lowest BCUT2D eigenvalue weighted by Gasteiger charge is -2.43. The van der Waals surface area contributed by atoms with E-state index >= 15 is 0 Å². The normalized spacial score (nSPS) is 24.6. The molecule has 2 aliphatic rings. The van der Waals surface area contributed by atoms with Crippen molar-refractivity contribution in [3.05, 3.63) is 48.2 Å². The molecule has 0 radical (unpaired) electrons. The number of amides is 1. The summed E-state index contributed by atoms with van der Waals surface area (Å²) in [5.74, 6) is 0.427. The lowest BCUT2D eigenvalue weighted by atomic mass is 9.86. The average Bonchev–Trinajstić information content (AvgIpc) is 3.01. The van der Waals surface area contributed by atoms with E-state index < -0.39 is 6.23 Å². The van der Waals surface area contributed by atoms with Crippen LogP contribution in [0.5, 0.6) is 0 Å². The topological polar surface area (TPSA) is 68.7 Å². The summed E-state index contributed by atoms with van der Waals surface area (Å²) < 4.78 is 0. The summed E-state index contributed by atoms with van der Waals surface area (Å²) >= 11 is 0. The van der Waals surface area contributed by atoms with Gasteiger partial charge in [0.05, 0.1) is 11.7 Å². The minimum Gasteiger partial charge on any atom is -0.373 e. The van der Waals surface area contributed by atoms with Gasteiger partial charge in [0.1, 0.15) is 12.0 Å². The van der Waals surface area contributed by atoms with Crippen molar-refractivity contribution in [3.8, 4) is 0 Å².